The molecule has 0 unspecified atom stereocenters. The standard InChI is InChI=1S/C20H31N2.ClH/c1-2-3-4-5-10-15-21-17-18-22(19-21)16-11-9-14-20-12-7-6-8-13-20;/h6-8,12-13,17-19H,2-5,9-11,14-16H2,1H3;1H/q+1;/p-1. The van der Waals surface area contributed by atoms with Gasteiger partial charge in [0.25, 0.3) is 0 Å². The Hall–Kier alpha value is -1.28. The second-order valence-corrected chi connectivity index (χ2v) is 6.25. The van der Waals surface area contributed by atoms with Crippen LogP contribution in [0.15, 0.2) is 49.1 Å². The first kappa shape index (κ1) is 19.8. The minimum Gasteiger partial charge on any atom is -1.00 e. The molecule has 0 aliphatic carbocycles. The Morgan fingerprint density at radius 3 is 2.48 bits per heavy atom. The van der Waals surface area contributed by atoms with Crippen LogP contribution in [0.2, 0.25) is 0 Å². The van der Waals surface area contributed by atoms with E-state index < -0.39 is 0 Å². The lowest BCUT2D eigenvalue weighted by Gasteiger charge is -2.00. The average molecular weight is 335 g/mol. The highest BCUT2D eigenvalue weighted by molar-refractivity contribution is 5.14. The smallest absolute Gasteiger partial charge is 0.243 e. The summed E-state index contributed by atoms with van der Waals surface area (Å²) in [5.41, 5.74) is 1.46. The summed E-state index contributed by atoms with van der Waals surface area (Å²) in [5, 5.41) is 0. The van der Waals surface area contributed by atoms with E-state index in [1.807, 2.05) is 0 Å². The lowest BCUT2D eigenvalue weighted by atomic mass is 10.1. The molecule has 3 heteroatoms. The van der Waals surface area contributed by atoms with E-state index in [9.17, 15) is 0 Å². The van der Waals surface area contributed by atoms with Crippen molar-refractivity contribution in [2.24, 2.45) is 0 Å². The Bertz CT molecular complexity index is 507. The van der Waals surface area contributed by atoms with E-state index >= 15 is 0 Å². The number of hydrogen-bond acceptors (Lipinski definition) is 0. The van der Waals surface area contributed by atoms with Crippen LogP contribution in [-0.4, -0.2) is 4.57 Å². The molecule has 1 aromatic heterocycles. The van der Waals surface area contributed by atoms with Crippen LogP contribution in [0.3, 0.4) is 0 Å². The van der Waals surface area contributed by atoms with Crippen LogP contribution >= 0.6 is 0 Å². The van der Waals surface area contributed by atoms with Crippen molar-refractivity contribution in [2.75, 3.05) is 0 Å². The van der Waals surface area contributed by atoms with Crippen molar-refractivity contribution in [1.82, 2.24) is 4.57 Å². The van der Waals surface area contributed by atoms with Crippen molar-refractivity contribution in [3.05, 3.63) is 54.6 Å². The van der Waals surface area contributed by atoms with Gasteiger partial charge in [-0.25, -0.2) is 9.13 Å². The fourth-order valence-corrected chi connectivity index (χ4v) is 2.87. The summed E-state index contributed by atoms with van der Waals surface area (Å²) in [6.45, 7) is 4.57. The normalized spacial score (nSPS) is 10.5. The molecule has 1 heterocycles. The molecular weight excluding hydrogens is 304 g/mol. The molecule has 0 atom stereocenters. The van der Waals surface area contributed by atoms with E-state index in [0.29, 0.717) is 0 Å². The van der Waals surface area contributed by atoms with Crippen LogP contribution in [0.1, 0.15) is 57.4 Å². The van der Waals surface area contributed by atoms with E-state index in [4.69, 9.17) is 0 Å². The quantitative estimate of drug-likeness (QED) is 0.437. The van der Waals surface area contributed by atoms with Gasteiger partial charge < -0.3 is 12.4 Å². The van der Waals surface area contributed by atoms with Crippen molar-refractivity contribution in [1.29, 1.82) is 0 Å². The molecule has 0 amide bonds. The Kier molecular flexibility index (Phi) is 10.5. The summed E-state index contributed by atoms with van der Waals surface area (Å²) < 4.78 is 4.67. The van der Waals surface area contributed by atoms with E-state index in [2.05, 4.69) is 65.1 Å². The zero-order valence-corrected chi connectivity index (χ0v) is 15.2. The van der Waals surface area contributed by atoms with Crippen molar-refractivity contribution in [3.8, 4) is 0 Å². The van der Waals surface area contributed by atoms with Crippen LogP contribution in [0, 0.1) is 0 Å². The minimum atomic E-state index is 0. The maximum Gasteiger partial charge on any atom is 0.243 e. The van der Waals surface area contributed by atoms with Crippen LogP contribution < -0.4 is 17.0 Å². The summed E-state index contributed by atoms with van der Waals surface area (Å²) in [7, 11) is 0. The van der Waals surface area contributed by atoms with Gasteiger partial charge in [0.05, 0.1) is 13.1 Å². The summed E-state index contributed by atoms with van der Waals surface area (Å²) in [6.07, 6.45) is 17.2. The number of nitrogens with zero attached hydrogens (tertiary/aromatic N) is 2. The van der Waals surface area contributed by atoms with Gasteiger partial charge in [0.2, 0.25) is 6.33 Å². The molecule has 0 saturated heterocycles. The highest BCUT2D eigenvalue weighted by atomic mass is 35.5. The molecule has 0 aliphatic rings. The van der Waals surface area contributed by atoms with E-state index in [-0.39, 0.29) is 12.4 Å². The third-order valence-electron chi connectivity index (χ3n) is 4.24. The molecule has 0 aliphatic heterocycles. The van der Waals surface area contributed by atoms with Gasteiger partial charge in [-0.15, -0.1) is 0 Å². The van der Waals surface area contributed by atoms with Gasteiger partial charge in [-0.1, -0.05) is 56.5 Å². The highest BCUT2D eigenvalue weighted by Crippen LogP contribution is 2.05. The minimum absolute atomic E-state index is 0. The zero-order chi connectivity index (χ0) is 15.5. The van der Waals surface area contributed by atoms with Gasteiger partial charge >= 0.3 is 0 Å². The zero-order valence-electron chi connectivity index (χ0n) is 14.5. The van der Waals surface area contributed by atoms with E-state index in [0.717, 1.165) is 6.54 Å². The third kappa shape index (κ3) is 8.22. The summed E-state index contributed by atoms with van der Waals surface area (Å²) >= 11 is 0. The first-order valence-corrected chi connectivity index (χ1v) is 8.97. The van der Waals surface area contributed by atoms with Crippen LogP contribution in [0.25, 0.3) is 0 Å². The Morgan fingerprint density at radius 2 is 1.70 bits per heavy atom. The molecule has 1 aromatic carbocycles. The van der Waals surface area contributed by atoms with Gasteiger partial charge in [0, 0.05) is 0 Å². The van der Waals surface area contributed by atoms with Crippen molar-refractivity contribution >= 4 is 0 Å². The average Bonchev–Trinajstić information content (AvgIpc) is 3.00. The van der Waals surface area contributed by atoms with Crippen molar-refractivity contribution in [3.63, 3.8) is 0 Å². The monoisotopic (exact) mass is 334 g/mol. The summed E-state index contributed by atoms with van der Waals surface area (Å²) in [4.78, 5) is 0. The molecule has 2 aromatic rings. The van der Waals surface area contributed by atoms with Crippen LogP contribution in [-0.2, 0) is 19.5 Å². The van der Waals surface area contributed by atoms with Gasteiger partial charge in [0.15, 0.2) is 0 Å². The molecule has 0 N–H and O–H groups in total. The van der Waals surface area contributed by atoms with Gasteiger partial charge in [0.1, 0.15) is 12.4 Å². The molecule has 0 saturated carbocycles. The van der Waals surface area contributed by atoms with Crippen LogP contribution in [0.4, 0.5) is 0 Å². The highest BCUT2D eigenvalue weighted by Gasteiger charge is 2.03. The first-order valence-electron chi connectivity index (χ1n) is 8.97. The van der Waals surface area contributed by atoms with Gasteiger partial charge in [-0.2, -0.15) is 0 Å². The Labute approximate surface area is 148 Å². The predicted molar refractivity (Wildman–Crippen MR) is 92.8 cm³/mol. The maximum absolute atomic E-state index is 2.34. The number of hydrogen-bond donors (Lipinski definition) is 0. The Balaban J connectivity index is 0.00000264. The largest absolute Gasteiger partial charge is 1.00 e. The van der Waals surface area contributed by atoms with E-state index in [1.54, 1.807) is 0 Å². The summed E-state index contributed by atoms with van der Waals surface area (Å²) in [6, 6.07) is 10.8. The van der Waals surface area contributed by atoms with Crippen molar-refractivity contribution < 1.29 is 17.0 Å². The lowest BCUT2D eigenvalue weighted by molar-refractivity contribution is -0.696. The van der Waals surface area contributed by atoms with Crippen molar-refractivity contribution in [2.45, 2.75) is 71.4 Å². The topological polar surface area (TPSA) is 8.81 Å². The number of aryl methyl sites for hydroxylation is 3. The predicted octanol–water partition coefficient (Wildman–Crippen LogP) is 1.77. The lowest BCUT2D eigenvalue weighted by Crippen LogP contribution is -3.00. The molecule has 0 bridgehead atoms. The SMILES string of the molecule is CCCCCCCn1cc[n+](CCCCc2ccccc2)c1.[Cl-]. The fraction of sp³-hybridized carbons (Fsp3) is 0.550. The molecule has 0 radical (unpaired) electrons. The molecule has 0 fully saturated rings. The first-order chi connectivity index (χ1) is 10.9. The second kappa shape index (κ2) is 12.2. The number of unbranched alkanes of at least 4 members (excludes halogenated alkanes) is 5. The number of halogens is 1. The fourth-order valence-electron chi connectivity index (χ4n) is 2.87. The number of aromatic nitrogens is 2. The molecule has 2 rings (SSSR count). The van der Waals surface area contributed by atoms with E-state index in [1.165, 1.54) is 63.5 Å². The second-order valence-electron chi connectivity index (χ2n) is 6.25. The molecule has 128 valence electrons. The summed E-state index contributed by atoms with van der Waals surface area (Å²) in [5.74, 6) is 0. The molecule has 23 heavy (non-hydrogen) atoms. The Morgan fingerprint density at radius 1 is 0.913 bits per heavy atom. The molecular formula is C20H31ClN2. The van der Waals surface area contributed by atoms with Crippen LogP contribution in [0.5, 0.6) is 0 Å². The number of rotatable bonds is 11. The van der Waals surface area contributed by atoms with Gasteiger partial charge in [-0.05, 0) is 37.7 Å². The third-order valence-corrected chi connectivity index (χ3v) is 4.24. The van der Waals surface area contributed by atoms with Gasteiger partial charge in [-0.3, -0.25) is 0 Å². The molecule has 0 spiro atoms. The maximum atomic E-state index is 2.34. The number of benzene rings is 1. The molecule has 2 nitrogen and oxygen atoms in total. The number of imidazole rings is 1.